The lowest BCUT2D eigenvalue weighted by molar-refractivity contribution is 0.0904. The van der Waals surface area contributed by atoms with Crippen molar-refractivity contribution in [1.82, 2.24) is 10.3 Å². The van der Waals surface area contributed by atoms with Gasteiger partial charge in [-0.1, -0.05) is 18.2 Å². The fourth-order valence-electron chi connectivity index (χ4n) is 2.56. The molecule has 1 aliphatic heterocycles. The molecule has 1 aromatic carbocycles. The first-order chi connectivity index (χ1) is 9.24. The van der Waals surface area contributed by atoms with Crippen LogP contribution in [-0.4, -0.2) is 30.1 Å². The second kappa shape index (κ2) is 5.05. The van der Waals surface area contributed by atoms with Gasteiger partial charge in [0.05, 0.1) is 6.10 Å². The quantitative estimate of drug-likeness (QED) is 0.887. The molecule has 2 unspecified atom stereocenters. The van der Waals surface area contributed by atoms with Crippen LogP contribution in [-0.2, 0) is 4.74 Å². The maximum Gasteiger partial charge on any atom is 0.267 e. The van der Waals surface area contributed by atoms with E-state index in [-0.39, 0.29) is 12.0 Å². The molecular formula is C15H18N2O2. The van der Waals surface area contributed by atoms with Gasteiger partial charge in [0.25, 0.3) is 5.91 Å². The Morgan fingerprint density at radius 1 is 1.47 bits per heavy atom. The van der Waals surface area contributed by atoms with Crippen LogP contribution >= 0.6 is 0 Å². The van der Waals surface area contributed by atoms with Gasteiger partial charge in [0.2, 0.25) is 0 Å². The zero-order chi connectivity index (χ0) is 13.2. The molecule has 0 spiro atoms. The van der Waals surface area contributed by atoms with Crippen molar-refractivity contribution in [2.24, 2.45) is 5.92 Å². The van der Waals surface area contributed by atoms with E-state index in [1.165, 1.54) is 0 Å². The molecular weight excluding hydrogens is 240 g/mol. The average Bonchev–Trinajstić information content (AvgIpc) is 3.01. The molecule has 1 aromatic heterocycles. The number of benzene rings is 1. The lowest BCUT2D eigenvalue weighted by Gasteiger charge is -2.14. The molecule has 2 aromatic rings. The highest BCUT2D eigenvalue weighted by atomic mass is 16.5. The van der Waals surface area contributed by atoms with Gasteiger partial charge in [0.15, 0.2) is 0 Å². The molecule has 0 saturated carbocycles. The van der Waals surface area contributed by atoms with Crippen LogP contribution in [0.4, 0.5) is 0 Å². The van der Waals surface area contributed by atoms with Crippen LogP contribution in [0, 0.1) is 5.92 Å². The van der Waals surface area contributed by atoms with Gasteiger partial charge >= 0.3 is 0 Å². The van der Waals surface area contributed by atoms with Gasteiger partial charge in [-0.3, -0.25) is 4.79 Å². The lowest BCUT2D eigenvalue weighted by Crippen LogP contribution is -2.32. The van der Waals surface area contributed by atoms with Crippen LogP contribution in [0.5, 0.6) is 0 Å². The minimum absolute atomic E-state index is 0.0460. The first-order valence-corrected chi connectivity index (χ1v) is 6.71. The van der Waals surface area contributed by atoms with Gasteiger partial charge in [-0.2, -0.15) is 0 Å². The minimum atomic E-state index is -0.0460. The molecule has 2 atom stereocenters. The zero-order valence-electron chi connectivity index (χ0n) is 11.0. The Morgan fingerprint density at radius 2 is 2.32 bits per heavy atom. The Labute approximate surface area is 112 Å². The summed E-state index contributed by atoms with van der Waals surface area (Å²) >= 11 is 0. The molecule has 1 fully saturated rings. The van der Waals surface area contributed by atoms with E-state index in [4.69, 9.17) is 4.74 Å². The Balaban J connectivity index is 1.66. The summed E-state index contributed by atoms with van der Waals surface area (Å²) < 4.78 is 5.49. The standard InChI is InChI=1S/C15H18N2O2/c1-10-12(6-7-19-10)9-16-15(18)14-8-11-4-2-3-5-13(11)17-14/h2-5,8,10,12,17H,6-7,9H2,1H3,(H,16,18). The number of H-pyrrole nitrogens is 1. The lowest BCUT2D eigenvalue weighted by atomic mass is 10.0. The molecule has 0 radical (unpaired) electrons. The number of fused-ring (bicyclic) bond motifs is 1. The number of rotatable bonds is 3. The highest BCUT2D eigenvalue weighted by molar-refractivity contribution is 5.97. The molecule has 19 heavy (non-hydrogen) atoms. The fourth-order valence-corrected chi connectivity index (χ4v) is 2.56. The van der Waals surface area contributed by atoms with Crippen LogP contribution in [0.15, 0.2) is 30.3 Å². The van der Waals surface area contributed by atoms with Crippen molar-refractivity contribution in [3.63, 3.8) is 0 Å². The fraction of sp³-hybridized carbons (Fsp3) is 0.400. The van der Waals surface area contributed by atoms with Crippen LogP contribution < -0.4 is 5.32 Å². The van der Waals surface area contributed by atoms with Crippen molar-refractivity contribution in [2.45, 2.75) is 19.4 Å². The SMILES string of the molecule is CC1OCCC1CNC(=O)c1cc2ccccc2[nH]1. The summed E-state index contributed by atoms with van der Waals surface area (Å²) in [7, 11) is 0. The first kappa shape index (κ1) is 12.2. The Kier molecular flexibility index (Phi) is 3.25. The monoisotopic (exact) mass is 258 g/mol. The Morgan fingerprint density at radius 3 is 3.05 bits per heavy atom. The number of ether oxygens (including phenoxy) is 1. The zero-order valence-corrected chi connectivity index (χ0v) is 11.0. The van der Waals surface area contributed by atoms with E-state index in [9.17, 15) is 4.79 Å². The second-order valence-electron chi connectivity index (χ2n) is 5.10. The molecule has 1 aliphatic rings. The van der Waals surface area contributed by atoms with Crippen LogP contribution in [0.2, 0.25) is 0 Å². The van der Waals surface area contributed by atoms with Crippen LogP contribution in [0.3, 0.4) is 0 Å². The number of aromatic nitrogens is 1. The third-order valence-electron chi connectivity index (χ3n) is 3.83. The summed E-state index contributed by atoms with van der Waals surface area (Å²) in [5, 5.41) is 4.04. The van der Waals surface area contributed by atoms with E-state index in [1.807, 2.05) is 30.3 Å². The average molecular weight is 258 g/mol. The van der Waals surface area contributed by atoms with E-state index in [0.717, 1.165) is 23.9 Å². The van der Waals surface area contributed by atoms with E-state index in [0.29, 0.717) is 18.2 Å². The first-order valence-electron chi connectivity index (χ1n) is 6.71. The summed E-state index contributed by atoms with van der Waals surface area (Å²) in [6.07, 6.45) is 1.26. The van der Waals surface area contributed by atoms with Crippen LogP contribution in [0.1, 0.15) is 23.8 Å². The summed E-state index contributed by atoms with van der Waals surface area (Å²) in [4.78, 5) is 15.2. The molecule has 4 heteroatoms. The van der Waals surface area contributed by atoms with Crippen molar-refractivity contribution in [3.8, 4) is 0 Å². The van der Waals surface area contributed by atoms with E-state index in [1.54, 1.807) is 0 Å². The summed E-state index contributed by atoms with van der Waals surface area (Å²) in [5.41, 5.74) is 1.61. The molecule has 0 aliphatic carbocycles. The van der Waals surface area contributed by atoms with E-state index in [2.05, 4.69) is 17.2 Å². The normalized spacial score (nSPS) is 22.8. The maximum absolute atomic E-state index is 12.1. The third kappa shape index (κ3) is 2.49. The molecule has 2 heterocycles. The molecule has 2 N–H and O–H groups in total. The predicted octanol–water partition coefficient (Wildman–Crippen LogP) is 2.32. The molecule has 3 rings (SSSR count). The van der Waals surface area contributed by atoms with E-state index < -0.39 is 0 Å². The molecule has 0 bridgehead atoms. The number of nitrogens with one attached hydrogen (secondary N) is 2. The molecule has 1 amide bonds. The number of para-hydroxylation sites is 1. The summed E-state index contributed by atoms with van der Waals surface area (Å²) in [6.45, 7) is 3.54. The maximum atomic E-state index is 12.1. The number of aromatic amines is 1. The Hall–Kier alpha value is -1.81. The van der Waals surface area contributed by atoms with Crippen molar-refractivity contribution < 1.29 is 9.53 Å². The topological polar surface area (TPSA) is 54.1 Å². The number of carbonyl (C=O) groups excluding carboxylic acids is 1. The van der Waals surface area contributed by atoms with Crippen molar-refractivity contribution >= 4 is 16.8 Å². The largest absolute Gasteiger partial charge is 0.378 e. The van der Waals surface area contributed by atoms with Crippen molar-refractivity contribution in [1.29, 1.82) is 0 Å². The number of amides is 1. The highest BCUT2D eigenvalue weighted by Crippen LogP contribution is 2.19. The number of hydrogen-bond acceptors (Lipinski definition) is 2. The molecule has 1 saturated heterocycles. The number of hydrogen-bond donors (Lipinski definition) is 2. The smallest absolute Gasteiger partial charge is 0.267 e. The van der Waals surface area contributed by atoms with Gasteiger partial charge in [-0.05, 0) is 25.5 Å². The minimum Gasteiger partial charge on any atom is -0.378 e. The van der Waals surface area contributed by atoms with Gasteiger partial charge < -0.3 is 15.0 Å². The summed E-state index contributed by atoms with van der Waals surface area (Å²) in [5.74, 6) is 0.378. The van der Waals surface area contributed by atoms with Gasteiger partial charge in [0.1, 0.15) is 5.69 Å². The second-order valence-corrected chi connectivity index (χ2v) is 5.10. The van der Waals surface area contributed by atoms with Gasteiger partial charge in [-0.15, -0.1) is 0 Å². The van der Waals surface area contributed by atoms with Gasteiger partial charge in [0, 0.05) is 30.0 Å². The van der Waals surface area contributed by atoms with Crippen molar-refractivity contribution in [3.05, 3.63) is 36.0 Å². The number of carbonyl (C=O) groups is 1. The Bertz CT molecular complexity index is 558. The predicted molar refractivity (Wildman–Crippen MR) is 74.2 cm³/mol. The van der Waals surface area contributed by atoms with E-state index >= 15 is 0 Å². The molecule has 100 valence electrons. The highest BCUT2D eigenvalue weighted by Gasteiger charge is 2.24. The van der Waals surface area contributed by atoms with Gasteiger partial charge in [-0.25, -0.2) is 0 Å². The van der Waals surface area contributed by atoms with Crippen LogP contribution in [0.25, 0.3) is 10.9 Å². The van der Waals surface area contributed by atoms with Crippen molar-refractivity contribution in [2.75, 3.05) is 13.2 Å². The molecule has 4 nitrogen and oxygen atoms in total. The third-order valence-corrected chi connectivity index (χ3v) is 3.83. The summed E-state index contributed by atoms with van der Waals surface area (Å²) in [6, 6.07) is 9.78.